The summed E-state index contributed by atoms with van der Waals surface area (Å²) in [5.41, 5.74) is 6.47. The van der Waals surface area contributed by atoms with Crippen LogP contribution in [0.1, 0.15) is 41.7 Å². The van der Waals surface area contributed by atoms with Crippen molar-refractivity contribution in [2.24, 2.45) is 0 Å². The summed E-state index contributed by atoms with van der Waals surface area (Å²) in [5.74, 6) is -0.119. The van der Waals surface area contributed by atoms with Crippen molar-refractivity contribution >= 4 is 57.8 Å². The third-order valence-corrected chi connectivity index (χ3v) is 7.65. The highest BCUT2D eigenvalue weighted by molar-refractivity contribution is 7.80. The summed E-state index contributed by atoms with van der Waals surface area (Å²) in [7, 11) is 0. The van der Waals surface area contributed by atoms with Crippen LogP contribution in [0.5, 0.6) is 0 Å². The lowest BCUT2D eigenvalue weighted by Gasteiger charge is -2.28. The molecule has 0 radical (unpaired) electrons. The summed E-state index contributed by atoms with van der Waals surface area (Å²) in [6, 6.07) is 21.0. The van der Waals surface area contributed by atoms with Crippen molar-refractivity contribution in [1.29, 1.82) is 0 Å². The number of nitrogens with one attached hydrogen (secondary N) is 2. The van der Waals surface area contributed by atoms with Gasteiger partial charge in [-0.3, -0.25) is 9.78 Å². The zero-order valence-corrected chi connectivity index (χ0v) is 22.8. The van der Waals surface area contributed by atoms with E-state index in [-0.39, 0.29) is 18.0 Å². The maximum absolute atomic E-state index is 11.5. The van der Waals surface area contributed by atoms with Crippen LogP contribution in [0.25, 0.3) is 5.69 Å². The number of nitrogens with zero attached hydrogens (tertiary/aromatic N) is 3. The van der Waals surface area contributed by atoms with Gasteiger partial charge < -0.3 is 20.1 Å². The average molecular weight is 551 g/mol. The molecule has 1 aliphatic heterocycles. The first-order chi connectivity index (χ1) is 17.8. The van der Waals surface area contributed by atoms with E-state index in [4.69, 9.17) is 35.4 Å². The molecule has 2 aromatic heterocycles. The Bertz CT molecular complexity index is 1490. The molecule has 2 N–H and O–H groups in total. The van der Waals surface area contributed by atoms with E-state index < -0.39 is 0 Å². The van der Waals surface area contributed by atoms with Crippen LogP contribution in [0.3, 0.4) is 0 Å². The smallest absolute Gasteiger partial charge is 0.221 e. The number of benzene rings is 2. The molecule has 1 aliphatic rings. The van der Waals surface area contributed by atoms with E-state index in [0.717, 1.165) is 39.7 Å². The van der Waals surface area contributed by atoms with Gasteiger partial charge in [0.2, 0.25) is 5.91 Å². The lowest BCUT2D eigenvalue weighted by atomic mass is 9.96. The highest BCUT2D eigenvalue weighted by Gasteiger charge is 2.42. The van der Waals surface area contributed by atoms with Crippen LogP contribution < -0.4 is 15.5 Å². The second-order valence-corrected chi connectivity index (χ2v) is 10.1. The number of halogens is 2. The number of aromatic nitrogens is 2. The topological polar surface area (TPSA) is 62.2 Å². The van der Waals surface area contributed by atoms with Gasteiger partial charge in [0.1, 0.15) is 0 Å². The molecule has 0 aliphatic carbocycles. The summed E-state index contributed by atoms with van der Waals surface area (Å²) < 4.78 is 2.12. The van der Waals surface area contributed by atoms with Crippen LogP contribution in [0.15, 0.2) is 72.9 Å². The predicted molar refractivity (Wildman–Crippen MR) is 154 cm³/mol. The molecule has 0 spiro atoms. The molecule has 1 amide bonds. The quantitative estimate of drug-likeness (QED) is 0.264. The Labute approximate surface area is 231 Å². The van der Waals surface area contributed by atoms with Gasteiger partial charge in [-0.25, -0.2) is 0 Å². The minimum Gasteiger partial charge on any atom is -0.351 e. The Morgan fingerprint density at radius 3 is 2.49 bits per heavy atom. The van der Waals surface area contributed by atoms with Crippen LogP contribution in [0.2, 0.25) is 10.0 Å². The second kappa shape index (κ2) is 10.2. The third kappa shape index (κ3) is 4.70. The first-order valence-corrected chi connectivity index (χ1v) is 12.9. The third-order valence-electron chi connectivity index (χ3n) is 6.52. The van der Waals surface area contributed by atoms with Gasteiger partial charge in [0.15, 0.2) is 5.11 Å². The second-order valence-electron chi connectivity index (χ2n) is 8.96. The van der Waals surface area contributed by atoms with E-state index in [1.165, 1.54) is 6.92 Å². The van der Waals surface area contributed by atoms with Crippen molar-refractivity contribution in [2.45, 2.75) is 32.9 Å². The maximum Gasteiger partial charge on any atom is 0.221 e. The number of rotatable bonds is 5. The Balaban J connectivity index is 1.65. The number of carbonyl (C=O) groups is 1. The number of aryl methyl sites for hydroxylation is 1. The van der Waals surface area contributed by atoms with Crippen LogP contribution in [0, 0.1) is 13.8 Å². The van der Waals surface area contributed by atoms with Crippen molar-refractivity contribution in [1.82, 2.24) is 14.9 Å². The van der Waals surface area contributed by atoms with Crippen molar-refractivity contribution in [3.05, 3.63) is 106 Å². The van der Waals surface area contributed by atoms with Crippen LogP contribution in [0.4, 0.5) is 11.4 Å². The zero-order chi connectivity index (χ0) is 26.3. The number of hydrogen-bond donors (Lipinski definition) is 2. The van der Waals surface area contributed by atoms with Crippen molar-refractivity contribution in [2.75, 3.05) is 10.2 Å². The highest BCUT2D eigenvalue weighted by atomic mass is 35.5. The van der Waals surface area contributed by atoms with Crippen LogP contribution in [-0.2, 0) is 4.79 Å². The van der Waals surface area contributed by atoms with Gasteiger partial charge in [0.25, 0.3) is 0 Å². The maximum atomic E-state index is 11.5. The SMILES string of the molecule is CC(=O)Nc1ccc(N2C(=S)N[C@H](c3ccccn3)[C@@H]2c2cc(C)n(-c3cccc(Cl)c3Cl)c2C)cc1. The molecule has 2 aromatic carbocycles. The molecule has 5 rings (SSSR count). The van der Waals surface area contributed by atoms with Crippen LogP contribution >= 0.6 is 35.4 Å². The average Bonchev–Trinajstić information content (AvgIpc) is 3.37. The Morgan fingerprint density at radius 2 is 1.81 bits per heavy atom. The summed E-state index contributed by atoms with van der Waals surface area (Å²) in [5, 5.41) is 7.92. The molecule has 9 heteroatoms. The molecule has 188 valence electrons. The van der Waals surface area contributed by atoms with Gasteiger partial charge in [0, 0.05) is 35.9 Å². The minimum atomic E-state index is -0.188. The number of thiocarbonyl (C=S) groups is 1. The molecule has 37 heavy (non-hydrogen) atoms. The molecular formula is C28H25Cl2N5OS. The van der Waals surface area contributed by atoms with Gasteiger partial charge in [-0.2, -0.15) is 0 Å². The van der Waals surface area contributed by atoms with E-state index in [9.17, 15) is 4.79 Å². The number of carbonyl (C=O) groups excluding carboxylic acids is 1. The van der Waals surface area contributed by atoms with Crippen LogP contribution in [-0.4, -0.2) is 20.6 Å². The molecule has 1 saturated heterocycles. The summed E-state index contributed by atoms with van der Waals surface area (Å²) in [6.45, 7) is 5.62. The molecular weight excluding hydrogens is 525 g/mol. The Hall–Kier alpha value is -3.39. The Kier molecular flexibility index (Phi) is 6.94. The van der Waals surface area contributed by atoms with Gasteiger partial charge in [0.05, 0.1) is 33.5 Å². The molecule has 4 aromatic rings. The van der Waals surface area contributed by atoms with E-state index in [0.29, 0.717) is 15.2 Å². The van der Waals surface area contributed by atoms with Crippen molar-refractivity contribution in [3.8, 4) is 5.69 Å². The first kappa shape index (κ1) is 25.3. The first-order valence-electron chi connectivity index (χ1n) is 11.8. The molecule has 0 unspecified atom stereocenters. The van der Waals surface area contributed by atoms with E-state index in [1.807, 2.05) is 54.6 Å². The van der Waals surface area contributed by atoms with Crippen molar-refractivity contribution in [3.63, 3.8) is 0 Å². The lowest BCUT2D eigenvalue weighted by molar-refractivity contribution is -0.114. The van der Waals surface area contributed by atoms with Gasteiger partial charge in [-0.05, 0) is 86.2 Å². The Morgan fingerprint density at radius 1 is 1.05 bits per heavy atom. The van der Waals surface area contributed by atoms with E-state index in [2.05, 4.69) is 45.0 Å². The van der Waals surface area contributed by atoms with Gasteiger partial charge in [-0.1, -0.05) is 35.3 Å². The summed E-state index contributed by atoms with van der Waals surface area (Å²) >= 11 is 18.9. The number of amides is 1. The fourth-order valence-electron chi connectivity index (χ4n) is 4.98. The number of pyridine rings is 1. The highest BCUT2D eigenvalue weighted by Crippen LogP contribution is 2.44. The zero-order valence-electron chi connectivity index (χ0n) is 20.5. The molecule has 0 saturated carbocycles. The lowest BCUT2D eigenvalue weighted by Crippen LogP contribution is -2.29. The van der Waals surface area contributed by atoms with E-state index >= 15 is 0 Å². The summed E-state index contributed by atoms with van der Waals surface area (Å²) in [6.07, 6.45) is 1.79. The predicted octanol–water partition coefficient (Wildman–Crippen LogP) is 6.93. The standard InChI is InChI=1S/C28H25Cl2N5OS/c1-16-15-21(17(2)34(16)24-9-6-7-22(29)25(24)30)27-26(23-8-4-5-14-31-23)33-28(37)35(27)20-12-10-19(11-13-20)32-18(3)36/h4-15,26-27H,1-3H3,(H,32,36)(H,33,37)/t26-,27+/m1/s1. The minimum absolute atomic E-state index is 0.119. The van der Waals surface area contributed by atoms with Gasteiger partial charge >= 0.3 is 0 Å². The fraction of sp³-hybridized carbons (Fsp3) is 0.179. The summed E-state index contributed by atoms with van der Waals surface area (Å²) in [4.78, 5) is 18.3. The molecule has 6 nitrogen and oxygen atoms in total. The van der Waals surface area contributed by atoms with Gasteiger partial charge in [-0.15, -0.1) is 0 Å². The molecule has 3 heterocycles. The normalized spacial score (nSPS) is 17.1. The number of anilines is 2. The van der Waals surface area contributed by atoms with E-state index in [1.54, 1.807) is 12.3 Å². The monoisotopic (exact) mass is 549 g/mol. The molecule has 1 fully saturated rings. The van der Waals surface area contributed by atoms with Crippen molar-refractivity contribution < 1.29 is 4.79 Å². The largest absolute Gasteiger partial charge is 0.351 e. The fourth-order valence-corrected chi connectivity index (χ4v) is 5.71. The molecule has 2 atom stereocenters. The number of hydrogen-bond acceptors (Lipinski definition) is 3. The molecule has 0 bridgehead atoms.